The van der Waals surface area contributed by atoms with Crippen LogP contribution in [0.15, 0.2) is 16.6 Å². The molecular formula is C14H22BrN3. The molecule has 0 bridgehead atoms. The number of hydrogen-bond donors (Lipinski definition) is 1. The minimum atomic E-state index is 0.799. The smallest absolute Gasteiger partial charge is 0.0767 e. The molecule has 0 radical (unpaired) electrons. The Hall–Kier alpha value is -0.610. The van der Waals surface area contributed by atoms with E-state index in [0.717, 1.165) is 31.1 Å². The zero-order valence-corrected chi connectivity index (χ0v) is 12.8. The molecule has 1 aromatic heterocycles. The average Bonchev–Trinajstić information content (AvgIpc) is 2.67. The normalized spacial score (nSPS) is 19.4. The number of aryl methyl sites for hydroxylation is 2. The molecule has 4 heteroatoms. The highest BCUT2D eigenvalue weighted by molar-refractivity contribution is 9.10. The summed E-state index contributed by atoms with van der Waals surface area (Å²) in [7, 11) is 2.02. The molecule has 1 aromatic rings. The molecule has 0 saturated carbocycles. The van der Waals surface area contributed by atoms with Crippen LogP contribution in [0.5, 0.6) is 0 Å². The van der Waals surface area contributed by atoms with Crippen molar-refractivity contribution >= 4 is 15.9 Å². The van der Waals surface area contributed by atoms with Crippen LogP contribution in [0.2, 0.25) is 0 Å². The lowest BCUT2D eigenvalue weighted by atomic mass is 9.94. The van der Waals surface area contributed by atoms with E-state index in [1.807, 2.05) is 11.7 Å². The molecule has 1 aliphatic rings. The summed E-state index contributed by atoms with van der Waals surface area (Å²) in [5.41, 5.74) is 2.40. The van der Waals surface area contributed by atoms with Gasteiger partial charge in [0, 0.05) is 13.6 Å². The minimum Gasteiger partial charge on any atom is -0.311 e. The molecule has 1 aliphatic carbocycles. The maximum Gasteiger partial charge on any atom is 0.0767 e. The molecule has 0 amide bonds. The second-order valence-electron chi connectivity index (χ2n) is 4.97. The van der Waals surface area contributed by atoms with Crippen molar-refractivity contribution in [3.8, 4) is 0 Å². The van der Waals surface area contributed by atoms with E-state index >= 15 is 0 Å². The first-order valence-corrected chi connectivity index (χ1v) is 7.57. The Morgan fingerprint density at radius 1 is 1.50 bits per heavy atom. The first-order valence-electron chi connectivity index (χ1n) is 6.78. The topological polar surface area (TPSA) is 29.9 Å². The van der Waals surface area contributed by atoms with Crippen LogP contribution in [0, 0.1) is 5.92 Å². The third-order valence-electron chi connectivity index (χ3n) is 3.61. The second kappa shape index (κ2) is 6.53. The Labute approximate surface area is 118 Å². The molecule has 0 aliphatic heterocycles. The molecular weight excluding hydrogens is 290 g/mol. The van der Waals surface area contributed by atoms with Crippen LogP contribution in [0.4, 0.5) is 0 Å². The highest BCUT2D eigenvalue weighted by Crippen LogP contribution is 2.22. The predicted octanol–water partition coefficient (Wildman–Crippen LogP) is 3.19. The number of halogens is 1. The Morgan fingerprint density at radius 2 is 2.33 bits per heavy atom. The fourth-order valence-corrected chi connectivity index (χ4v) is 3.20. The van der Waals surface area contributed by atoms with E-state index in [1.165, 1.54) is 29.4 Å². The lowest BCUT2D eigenvalue weighted by Crippen LogP contribution is -2.24. The Bertz CT molecular complexity index is 423. The van der Waals surface area contributed by atoms with Crippen molar-refractivity contribution in [3.05, 3.63) is 28.0 Å². The van der Waals surface area contributed by atoms with Gasteiger partial charge in [0.1, 0.15) is 0 Å². The van der Waals surface area contributed by atoms with Crippen LogP contribution < -0.4 is 5.32 Å². The molecule has 2 rings (SSSR count). The summed E-state index contributed by atoms with van der Waals surface area (Å²) in [5, 5.41) is 8.08. The lowest BCUT2D eigenvalue weighted by Gasteiger charge is -2.18. The van der Waals surface area contributed by atoms with Crippen molar-refractivity contribution < 1.29 is 0 Å². The quantitative estimate of drug-likeness (QED) is 0.846. The number of rotatable bonds is 5. The Kier molecular flexibility index (Phi) is 5.01. The molecule has 3 nitrogen and oxygen atoms in total. The van der Waals surface area contributed by atoms with Gasteiger partial charge in [0.15, 0.2) is 0 Å². The molecule has 1 N–H and O–H groups in total. The van der Waals surface area contributed by atoms with E-state index in [-0.39, 0.29) is 0 Å². The fraction of sp³-hybridized carbons (Fsp3) is 0.643. The van der Waals surface area contributed by atoms with Crippen LogP contribution in [-0.2, 0) is 20.0 Å². The number of aromatic nitrogens is 2. The van der Waals surface area contributed by atoms with Gasteiger partial charge < -0.3 is 5.32 Å². The second-order valence-corrected chi connectivity index (χ2v) is 5.76. The zero-order chi connectivity index (χ0) is 13.0. The van der Waals surface area contributed by atoms with Crippen molar-refractivity contribution in [1.29, 1.82) is 0 Å². The fourth-order valence-electron chi connectivity index (χ4n) is 2.45. The average molecular weight is 312 g/mol. The number of hydrogen-bond acceptors (Lipinski definition) is 2. The Morgan fingerprint density at radius 3 is 2.94 bits per heavy atom. The summed E-state index contributed by atoms with van der Waals surface area (Å²) in [4.78, 5) is 0. The van der Waals surface area contributed by atoms with Crippen LogP contribution in [0.3, 0.4) is 0 Å². The molecule has 0 fully saturated rings. The van der Waals surface area contributed by atoms with Gasteiger partial charge in [0.05, 0.1) is 15.9 Å². The predicted molar refractivity (Wildman–Crippen MR) is 78.5 cm³/mol. The van der Waals surface area contributed by atoms with Gasteiger partial charge in [0.2, 0.25) is 0 Å². The number of allylic oxidation sites excluding steroid dienone is 2. The van der Waals surface area contributed by atoms with E-state index in [2.05, 4.69) is 45.4 Å². The Balaban J connectivity index is 1.86. The van der Waals surface area contributed by atoms with Crippen LogP contribution >= 0.6 is 15.9 Å². The summed E-state index contributed by atoms with van der Waals surface area (Å²) in [5.74, 6) is 0.799. The largest absolute Gasteiger partial charge is 0.311 e. The van der Waals surface area contributed by atoms with Gasteiger partial charge in [-0.2, -0.15) is 5.10 Å². The highest BCUT2D eigenvalue weighted by Gasteiger charge is 2.13. The van der Waals surface area contributed by atoms with E-state index < -0.39 is 0 Å². The minimum absolute atomic E-state index is 0.799. The third-order valence-corrected chi connectivity index (χ3v) is 4.52. The van der Waals surface area contributed by atoms with E-state index in [0.29, 0.717) is 0 Å². The maximum atomic E-state index is 4.51. The van der Waals surface area contributed by atoms with Crippen molar-refractivity contribution in [1.82, 2.24) is 15.1 Å². The van der Waals surface area contributed by atoms with Gasteiger partial charge in [0.25, 0.3) is 0 Å². The van der Waals surface area contributed by atoms with Gasteiger partial charge >= 0.3 is 0 Å². The summed E-state index contributed by atoms with van der Waals surface area (Å²) in [6, 6.07) is 0. The highest BCUT2D eigenvalue weighted by atomic mass is 79.9. The van der Waals surface area contributed by atoms with E-state index in [4.69, 9.17) is 0 Å². The van der Waals surface area contributed by atoms with E-state index in [9.17, 15) is 0 Å². The first-order chi connectivity index (χ1) is 8.72. The summed E-state index contributed by atoms with van der Waals surface area (Å²) in [6.45, 7) is 4.13. The molecule has 0 aromatic carbocycles. The zero-order valence-electron chi connectivity index (χ0n) is 11.2. The van der Waals surface area contributed by atoms with Crippen molar-refractivity contribution in [2.24, 2.45) is 13.0 Å². The van der Waals surface area contributed by atoms with Gasteiger partial charge in [-0.1, -0.05) is 19.1 Å². The van der Waals surface area contributed by atoms with Gasteiger partial charge in [-0.15, -0.1) is 0 Å². The SMILES string of the molecule is CCc1nn(C)c(CNCC2CC=CCC2)c1Br. The summed E-state index contributed by atoms with van der Waals surface area (Å²) >= 11 is 3.65. The third kappa shape index (κ3) is 3.23. The number of nitrogens with one attached hydrogen (secondary N) is 1. The summed E-state index contributed by atoms with van der Waals surface area (Å²) in [6.07, 6.45) is 9.35. The van der Waals surface area contributed by atoms with Gasteiger partial charge in [-0.05, 0) is 54.1 Å². The van der Waals surface area contributed by atoms with Gasteiger partial charge in [-0.3, -0.25) is 4.68 Å². The van der Waals surface area contributed by atoms with Crippen LogP contribution in [-0.4, -0.2) is 16.3 Å². The molecule has 100 valence electrons. The van der Waals surface area contributed by atoms with Gasteiger partial charge in [-0.25, -0.2) is 0 Å². The lowest BCUT2D eigenvalue weighted by molar-refractivity contribution is 0.436. The molecule has 1 atom stereocenters. The molecule has 1 heterocycles. The summed E-state index contributed by atoms with van der Waals surface area (Å²) < 4.78 is 3.15. The van der Waals surface area contributed by atoms with E-state index in [1.54, 1.807) is 0 Å². The molecule has 0 spiro atoms. The van der Waals surface area contributed by atoms with Crippen molar-refractivity contribution in [2.75, 3.05) is 6.54 Å². The number of nitrogens with zero attached hydrogens (tertiary/aromatic N) is 2. The molecule has 1 unspecified atom stereocenters. The van der Waals surface area contributed by atoms with Crippen molar-refractivity contribution in [2.45, 2.75) is 39.2 Å². The molecule has 0 saturated heterocycles. The standard InChI is InChI=1S/C14H22BrN3/c1-3-12-14(15)13(18(2)17-12)10-16-9-11-7-5-4-6-8-11/h4-5,11,16H,3,6-10H2,1-2H3. The first kappa shape index (κ1) is 13.8. The maximum absolute atomic E-state index is 4.51. The van der Waals surface area contributed by atoms with Crippen LogP contribution in [0.25, 0.3) is 0 Å². The van der Waals surface area contributed by atoms with Crippen LogP contribution in [0.1, 0.15) is 37.6 Å². The molecule has 18 heavy (non-hydrogen) atoms. The monoisotopic (exact) mass is 311 g/mol. The van der Waals surface area contributed by atoms with Crippen molar-refractivity contribution in [3.63, 3.8) is 0 Å².